The van der Waals surface area contributed by atoms with Crippen molar-refractivity contribution in [2.75, 3.05) is 17.2 Å². The maximum absolute atomic E-state index is 14.1. The molecule has 2 atom stereocenters. The number of piperidine rings is 1. The third-order valence-electron chi connectivity index (χ3n) is 6.51. The van der Waals surface area contributed by atoms with Crippen LogP contribution in [0.3, 0.4) is 0 Å². The van der Waals surface area contributed by atoms with E-state index in [2.05, 4.69) is 37.8 Å². The highest BCUT2D eigenvalue weighted by molar-refractivity contribution is 6.02. The molecule has 10 heteroatoms. The zero-order valence-electron chi connectivity index (χ0n) is 20.0. The van der Waals surface area contributed by atoms with Crippen molar-refractivity contribution in [1.29, 1.82) is 0 Å². The van der Waals surface area contributed by atoms with Gasteiger partial charge in [-0.05, 0) is 56.1 Å². The van der Waals surface area contributed by atoms with E-state index in [4.69, 9.17) is 9.97 Å². The fraction of sp³-hybridized carbons (Fsp3) is 0.222. The van der Waals surface area contributed by atoms with Gasteiger partial charge in [-0.15, -0.1) is 0 Å². The van der Waals surface area contributed by atoms with Crippen molar-refractivity contribution in [1.82, 2.24) is 30.2 Å². The average molecular weight is 499 g/mol. The highest BCUT2D eigenvalue weighted by atomic mass is 19.1. The third-order valence-corrected chi connectivity index (χ3v) is 6.51. The smallest absolute Gasteiger partial charge is 0.214 e. The predicted octanol–water partition coefficient (Wildman–Crippen LogP) is 5.01. The summed E-state index contributed by atoms with van der Waals surface area (Å²) in [6, 6.07) is 6.08. The van der Waals surface area contributed by atoms with Gasteiger partial charge in [0.1, 0.15) is 11.6 Å². The second kappa shape index (κ2) is 9.62. The number of aromatic nitrogens is 5. The molecule has 8 nitrogen and oxygen atoms in total. The van der Waals surface area contributed by atoms with Crippen LogP contribution in [-0.2, 0) is 0 Å². The minimum atomic E-state index is -0.791. The van der Waals surface area contributed by atoms with Crippen molar-refractivity contribution in [2.24, 2.45) is 0 Å². The maximum atomic E-state index is 14.1. The molecule has 2 aliphatic rings. The summed E-state index contributed by atoms with van der Waals surface area (Å²) in [4.78, 5) is 22.0. The van der Waals surface area contributed by atoms with Gasteiger partial charge >= 0.3 is 0 Å². The number of fused-ring (bicyclic) bond motifs is 1. The molecule has 0 saturated carbocycles. The molecule has 37 heavy (non-hydrogen) atoms. The van der Waals surface area contributed by atoms with Crippen LogP contribution in [0.25, 0.3) is 27.9 Å². The predicted molar refractivity (Wildman–Crippen MR) is 139 cm³/mol. The molecule has 6 rings (SSSR count). The Bertz CT molecular complexity index is 1550. The van der Waals surface area contributed by atoms with E-state index in [-0.39, 0.29) is 17.7 Å². The molecule has 3 N–H and O–H groups in total. The van der Waals surface area contributed by atoms with Crippen molar-refractivity contribution in [3.8, 4) is 11.4 Å². The lowest BCUT2D eigenvalue weighted by Crippen LogP contribution is -2.41. The second-order valence-corrected chi connectivity index (χ2v) is 9.20. The Morgan fingerprint density at radius 1 is 1.05 bits per heavy atom. The largest absolute Gasteiger partial charge is 0.367 e. The summed E-state index contributed by atoms with van der Waals surface area (Å²) in [5, 5.41) is 10.8. The summed E-state index contributed by atoms with van der Waals surface area (Å²) >= 11 is 0. The highest BCUT2D eigenvalue weighted by Crippen LogP contribution is 2.34. The molecular formula is C27H24F2N8. The monoisotopic (exact) mass is 498 g/mol. The van der Waals surface area contributed by atoms with Gasteiger partial charge in [-0.1, -0.05) is 18.2 Å². The van der Waals surface area contributed by atoms with Gasteiger partial charge in [-0.25, -0.2) is 19.3 Å². The zero-order chi connectivity index (χ0) is 25.4. The van der Waals surface area contributed by atoms with Gasteiger partial charge in [0.2, 0.25) is 5.95 Å². The summed E-state index contributed by atoms with van der Waals surface area (Å²) in [5.74, 6) is -0.232. The summed E-state index contributed by atoms with van der Waals surface area (Å²) in [5.41, 5.74) is 3.42. The number of hydrogen-bond acceptors (Lipinski definition) is 8. The number of hydrogen-bond donors (Lipinski definition) is 3. The first-order valence-electron chi connectivity index (χ1n) is 12.1. The van der Waals surface area contributed by atoms with Crippen molar-refractivity contribution in [2.45, 2.75) is 31.8 Å². The highest BCUT2D eigenvalue weighted by Gasteiger charge is 2.22. The molecule has 0 amide bonds. The molecule has 186 valence electrons. The van der Waals surface area contributed by atoms with E-state index >= 15 is 0 Å². The van der Waals surface area contributed by atoms with Gasteiger partial charge in [0, 0.05) is 35.6 Å². The molecule has 0 bridgehead atoms. The maximum Gasteiger partial charge on any atom is 0.214 e. The molecule has 1 aliphatic heterocycles. The van der Waals surface area contributed by atoms with Crippen molar-refractivity contribution in [3.63, 3.8) is 0 Å². The molecule has 4 aromatic heterocycles. The van der Waals surface area contributed by atoms with Crippen LogP contribution in [0.4, 0.5) is 26.2 Å². The van der Waals surface area contributed by atoms with Gasteiger partial charge in [-0.2, -0.15) is 9.37 Å². The number of allylic oxidation sites excluding steroid dienone is 4. The van der Waals surface area contributed by atoms with E-state index in [1.807, 2.05) is 24.4 Å². The summed E-state index contributed by atoms with van der Waals surface area (Å²) in [7, 11) is 0. The van der Waals surface area contributed by atoms with E-state index in [9.17, 15) is 8.78 Å². The van der Waals surface area contributed by atoms with Crippen LogP contribution in [0, 0.1) is 11.8 Å². The summed E-state index contributed by atoms with van der Waals surface area (Å²) < 4.78 is 27.7. The first-order chi connectivity index (χ1) is 18.0. The van der Waals surface area contributed by atoms with E-state index in [0.29, 0.717) is 22.9 Å². The van der Waals surface area contributed by atoms with Crippen LogP contribution in [0.1, 0.15) is 25.3 Å². The van der Waals surface area contributed by atoms with E-state index in [0.717, 1.165) is 53.9 Å². The van der Waals surface area contributed by atoms with Crippen LogP contribution in [0.2, 0.25) is 0 Å². The Kier molecular flexibility index (Phi) is 6.01. The standard InChI is InChI=1S/C27H24F2N8/c1-15-11-18(8-10-31-15)33-27-24-19(16-3-2-4-16)13-30-14-21(24)34-25(37-27)17-7-9-32-23(12-17)36-26-20(28)5-6-22(29)35-26/h2-7,9,12-15,18,31H,8,10-11H2,1H3,(H,32,35,36)(H,33,34,37)/t15-,18-/m0/s1. The van der Waals surface area contributed by atoms with E-state index in [1.165, 1.54) is 0 Å². The van der Waals surface area contributed by atoms with Crippen LogP contribution in [0.5, 0.6) is 0 Å². The number of rotatable bonds is 6. The third kappa shape index (κ3) is 4.75. The first kappa shape index (κ1) is 23.1. The molecule has 1 fully saturated rings. The summed E-state index contributed by atoms with van der Waals surface area (Å²) in [6.45, 7) is 3.11. The topological polar surface area (TPSA) is 101 Å². The Balaban J connectivity index is 1.41. The average Bonchev–Trinajstić information content (AvgIpc) is 2.85. The molecular weight excluding hydrogens is 474 g/mol. The van der Waals surface area contributed by atoms with E-state index in [1.54, 1.807) is 24.5 Å². The minimum absolute atomic E-state index is 0.248. The van der Waals surface area contributed by atoms with Crippen LogP contribution in [0.15, 0.2) is 61.1 Å². The van der Waals surface area contributed by atoms with Crippen LogP contribution >= 0.6 is 0 Å². The number of nitrogens with zero attached hydrogens (tertiary/aromatic N) is 5. The Morgan fingerprint density at radius 3 is 2.76 bits per heavy atom. The van der Waals surface area contributed by atoms with Gasteiger partial charge in [0.15, 0.2) is 17.5 Å². The lowest BCUT2D eigenvalue weighted by atomic mass is 9.96. The van der Waals surface area contributed by atoms with Crippen molar-refractivity contribution in [3.05, 3.63) is 78.4 Å². The van der Waals surface area contributed by atoms with Gasteiger partial charge in [0.05, 0.1) is 17.1 Å². The number of pyridine rings is 3. The number of anilines is 3. The van der Waals surface area contributed by atoms with Gasteiger partial charge < -0.3 is 16.0 Å². The lowest BCUT2D eigenvalue weighted by Gasteiger charge is -2.29. The molecule has 4 aromatic rings. The minimum Gasteiger partial charge on any atom is -0.367 e. The fourth-order valence-electron chi connectivity index (χ4n) is 4.63. The molecule has 1 saturated heterocycles. The molecule has 0 unspecified atom stereocenters. The van der Waals surface area contributed by atoms with Crippen molar-refractivity contribution >= 4 is 33.9 Å². The molecule has 5 heterocycles. The van der Waals surface area contributed by atoms with Crippen molar-refractivity contribution < 1.29 is 8.78 Å². The second-order valence-electron chi connectivity index (χ2n) is 9.20. The van der Waals surface area contributed by atoms with Gasteiger partial charge in [0.25, 0.3) is 0 Å². The molecule has 0 spiro atoms. The van der Waals surface area contributed by atoms with E-state index < -0.39 is 11.8 Å². The number of halogens is 2. The lowest BCUT2D eigenvalue weighted by molar-refractivity contribution is 0.396. The van der Waals surface area contributed by atoms with Crippen LogP contribution < -0.4 is 16.0 Å². The molecule has 0 radical (unpaired) electrons. The molecule has 1 aliphatic carbocycles. The quantitative estimate of drug-likeness (QED) is 0.319. The van der Waals surface area contributed by atoms with Gasteiger partial charge in [-0.3, -0.25) is 4.98 Å². The first-order valence-corrected chi connectivity index (χ1v) is 12.1. The SMILES string of the molecule is C[C@H]1C[C@@H](Nc2nc(-c3ccnc(Nc4nc(F)ccc4F)c3)nc3cncc(C4=CC=C4)c23)CCN1. The normalized spacial score (nSPS) is 18.8. The van der Waals surface area contributed by atoms with Crippen LogP contribution in [-0.4, -0.2) is 43.5 Å². The number of nitrogens with one attached hydrogen (secondary N) is 3. The molecule has 0 aromatic carbocycles. The fourth-order valence-corrected chi connectivity index (χ4v) is 4.63. The summed E-state index contributed by atoms with van der Waals surface area (Å²) in [6.07, 6.45) is 13.2. The zero-order valence-corrected chi connectivity index (χ0v) is 20.0. The Morgan fingerprint density at radius 2 is 1.95 bits per heavy atom. The Labute approximate surface area is 212 Å². The Hall–Kier alpha value is -4.31.